The van der Waals surface area contributed by atoms with Crippen LogP contribution in [0.5, 0.6) is 0 Å². The number of nitrogens with zero attached hydrogens (tertiary/aromatic N) is 4. The highest BCUT2D eigenvalue weighted by Crippen LogP contribution is 2.27. The van der Waals surface area contributed by atoms with Crippen molar-refractivity contribution in [2.45, 2.75) is 53.4 Å². The third-order valence-corrected chi connectivity index (χ3v) is 5.84. The molecule has 0 saturated heterocycles. The second-order valence-corrected chi connectivity index (χ2v) is 8.00. The zero-order valence-corrected chi connectivity index (χ0v) is 19.4. The number of rotatable bonds is 7. The lowest BCUT2D eigenvalue weighted by atomic mass is 10.0. The fourth-order valence-corrected chi connectivity index (χ4v) is 3.78. The summed E-state index contributed by atoms with van der Waals surface area (Å²) in [7, 11) is 0. The van der Waals surface area contributed by atoms with Gasteiger partial charge in [0.15, 0.2) is 0 Å². The molecule has 0 aliphatic heterocycles. The molecule has 4 aromatic heterocycles. The van der Waals surface area contributed by atoms with E-state index in [-0.39, 0.29) is 0 Å². The van der Waals surface area contributed by atoms with Gasteiger partial charge in [0.25, 0.3) is 0 Å². The summed E-state index contributed by atoms with van der Waals surface area (Å²) in [5, 5.41) is 0. The number of aromatic nitrogens is 4. The smallest absolute Gasteiger partial charge is 0.0897 e. The fraction of sp³-hybridized carbons (Fsp3) is 0.286. The van der Waals surface area contributed by atoms with Crippen molar-refractivity contribution in [1.82, 2.24) is 19.9 Å². The van der Waals surface area contributed by atoms with Crippen molar-refractivity contribution in [3.8, 4) is 34.2 Å². The van der Waals surface area contributed by atoms with Gasteiger partial charge in [0.05, 0.1) is 34.2 Å². The molecule has 0 saturated carbocycles. The standard InChI is InChI=1S/C28H30N4/c1-5-19-9-11-29-23(13-19)25-15-21(7-3)17-27(31-25)28-18-22(8-4)16-26(32-28)24-14-20(6-2)10-12-30-24/h9-18H,5-8H2,1-4H3. The average molecular weight is 423 g/mol. The molecule has 0 aromatic carbocycles. The first-order chi connectivity index (χ1) is 15.6. The monoisotopic (exact) mass is 422 g/mol. The maximum atomic E-state index is 5.00. The van der Waals surface area contributed by atoms with Crippen molar-refractivity contribution in [2.75, 3.05) is 0 Å². The van der Waals surface area contributed by atoms with E-state index in [9.17, 15) is 0 Å². The van der Waals surface area contributed by atoms with E-state index in [1.165, 1.54) is 22.3 Å². The number of hydrogen-bond acceptors (Lipinski definition) is 4. The fourth-order valence-electron chi connectivity index (χ4n) is 3.78. The molecule has 162 valence electrons. The summed E-state index contributed by atoms with van der Waals surface area (Å²) in [5.41, 5.74) is 10.3. The molecule has 4 heterocycles. The molecule has 0 spiro atoms. The minimum absolute atomic E-state index is 0.881. The van der Waals surface area contributed by atoms with Crippen LogP contribution in [0.3, 0.4) is 0 Å². The Kier molecular flexibility index (Phi) is 6.69. The molecular formula is C28H30N4. The Hall–Kier alpha value is -3.40. The Bertz CT molecular complexity index is 1130. The van der Waals surface area contributed by atoms with Crippen LogP contribution in [0.2, 0.25) is 0 Å². The van der Waals surface area contributed by atoms with Gasteiger partial charge in [-0.1, -0.05) is 27.7 Å². The molecular weight excluding hydrogens is 392 g/mol. The first-order valence-corrected chi connectivity index (χ1v) is 11.6. The summed E-state index contributed by atoms with van der Waals surface area (Å²) in [4.78, 5) is 19.2. The molecule has 0 amide bonds. The van der Waals surface area contributed by atoms with Crippen molar-refractivity contribution in [2.24, 2.45) is 0 Å². The van der Waals surface area contributed by atoms with Gasteiger partial charge in [0, 0.05) is 12.4 Å². The van der Waals surface area contributed by atoms with Gasteiger partial charge in [0.2, 0.25) is 0 Å². The molecule has 0 unspecified atom stereocenters. The first-order valence-electron chi connectivity index (χ1n) is 11.6. The van der Waals surface area contributed by atoms with Gasteiger partial charge >= 0.3 is 0 Å². The van der Waals surface area contributed by atoms with Crippen LogP contribution in [0.25, 0.3) is 34.2 Å². The van der Waals surface area contributed by atoms with E-state index in [4.69, 9.17) is 9.97 Å². The second-order valence-electron chi connectivity index (χ2n) is 8.00. The zero-order chi connectivity index (χ0) is 22.5. The Morgan fingerprint density at radius 2 is 0.750 bits per heavy atom. The molecule has 4 rings (SSSR count). The Labute approximate surface area is 190 Å². The maximum absolute atomic E-state index is 5.00. The maximum Gasteiger partial charge on any atom is 0.0897 e. The highest BCUT2D eigenvalue weighted by atomic mass is 14.8. The molecule has 0 aliphatic rings. The van der Waals surface area contributed by atoms with E-state index in [1.54, 1.807) is 0 Å². The summed E-state index contributed by atoms with van der Waals surface area (Å²) in [6.45, 7) is 8.65. The van der Waals surface area contributed by atoms with Crippen LogP contribution in [0.4, 0.5) is 0 Å². The molecule has 4 nitrogen and oxygen atoms in total. The van der Waals surface area contributed by atoms with Crippen molar-refractivity contribution in [3.63, 3.8) is 0 Å². The summed E-state index contributed by atoms with van der Waals surface area (Å²) < 4.78 is 0. The lowest BCUT2D eigenvalue weighted by Crippen LogP contribution is -1.99. The molecule has 4 aromatic rings. The highest BCUT2D eigenvalue weighted by molar-refractivity contribution is 5.67. The first kappa shape index (κ1) is 21.8. The highest BCUT2D eigenvalue weighted by Gasteiger charge is 2.12. The second kappa shape index (κ2) is 9.82. The van der Waals surface area contributed by atoms with Crippen molar-refractivity contribution >= 4 is 0 Å². The van der Waals surface area contributed by atoms with Gasteiger partial charge in [0.1, 0.15) is 0 Å². The van der Waals surface area contributed by atoms with E-state index in [1.807, 2.05) is 12.4 Å². The molecule has 0 radical (unpaired) electrons. The average Bonchev–Trinajstić information content (AvgIpc) is 2.88. The predicted octanol–water partition coefficient (Wildman–Crippen LogP) is 6.52. The van der Waals surface area contributed by atoms with E-state index in [2.05, 4.69) is 86.2 Å². The van der Waals surface area contributed by atoms with E-state index in [0.717, 1.165) is 59.8 Å². The van der Waals surface area contributed by atoms with Crippen LogP contribution in [0.15, 0.2) is 60.9 Å². The molecule has 32 heavy (non-hydrogen) atoms. The van der Waals surface area contributed by atoms with Gasteiger partial charge in [-0.3, -0.25) is 9.97 Å². The zero-order valence-electron chi connectivity index (χ0n) is 19.4. The van der Waals surface area contributed by atoms with Crippen LogP contribution in [0.1, 0.15) is 49.9 Å². The quantitative estimate of drug-likeness (QED) is 0.340. The molecule has 0 atom stereocenters. The number of pyridine rings is 4. The van der Waals surface area contributed by atoms with Crippen LogP contribution in [-0.4, -0.2) is 19.9 Å². The third-order valence-electron chi connectivity index (χ3n) is 5.84. The molecule has 0 N–H and O–H groups in total. The van der Waals surface area contributed by atoms with Crippen LogP contribution in [-0.2, 0) is 25.7 Å². The van der Waals surface area contributed by atoms with E-state index < -0.39 is 0 Å². The Morgan fingerprint density at radius 3 is 1.09 bits per heavy atom. The summed E-state index contributed by atoms with van der Waals surface area (Å²) >= 11 is 0. The minimum atomic E-state index is 0.881. The summed E-state index contributed by atoms with van der Waals surface area (Å²) in [6.07, 6.45) is 7.54. The van der Waals surface area contributed by atoms with Crippen molar-refractivity contribution < 1.29 is 0 Å². The summed E-state index contributed by atoms with van der Waals surface area (Å²) in [5.74, 6) is 0. The minimum Gasteiger partial charge on any atom is -0.255 e. The van der Waals surface area contributed by atoms with E-state index >= 15 is 0 Å². The summed E-state index contributed by atoms with van der Waals surface area (Å²) in [6, 6.07) is 17.0. The topological polar surface area (TPSA) is 51.6 Å². The molecule has 0 aliphatic carbocycles. The van der Waals surface area contributed by atoms with Gasteiger partial charge in [-0.05, 0) is 96.5 Å². The normalized spacial score (nSPS) is 11.0. The van der Waals surface area contributed by atoms with Gasteiger partial charge < -0.3 is 0 Å². The third kappa shape index (κ3) is 4.75. The predicted molar refractivity (Wildman–Crippen MR) is 131 cm³/mol. The van der Waals surface area contributed by atoms with Gasteiger partial charge in [-0.2, -0.15) is 0 Å². The van der Waals surface area contributed by atoms with Crippen molar-refractivity contribution in [3.05, 3.63) is 83.2 Å². The number of hydrogen-bond donors (Lipinski definition) is 0. The Balaban J connectivity index is 1.85. The lowest BCUT2D eigenvalue weighted by molar-refractivity contribution is 1.08. The largest absolute Gasteiger partial charge is 0.255 e. The Morgan fingerprint density at radius 1 is 0.438 bits per heavy atom. The lowest BCUT2D eigenvalue weighted by Gasteiger charge is -2.11. The van der Waals surface area contributed by atoms with Crippen LogP contribution in [0, 0.1) is 0 Å². The van der Waals surface area contributed by atoms with Gasteiger partial charge in [-0.25, -0.2) is 9.97 Å². The van der Waals surface area contributed by atoms with E-state index in [0.29, 0.717) is 0 Å². The van der Waals surface area contributed by atoms with Gasteiger partial charge in [-0.15, -0.1) is 0 Å². The molecule has 0 bridgehead atoms. The SMILES string of the molecule is CCc1ccnc(-c2cc(CC)cc(-c3cc(CC)cc(-c4cc(CC)ccn4)n3)n2)c1. The number of aryl methyl sites for hydroxylation is 4. The molecule has 4 heteroatoms. The van der Waals surface area contributed by atoms with Crippen LogP contribution < -0.4 is 0 Å². The van der Waals surface area contributed by atoms with Crippen LogP contribution >= 0.6 is 0 Å². The molecule has 0 fully saturated rings. The van der Waals surface area contributed by atoms with Crippen molar-refractivity contribution in [1.29, 1.82) is 0 Å².